The highest BCUT2D eigenvalue weighted by atomic mass is 19.1. The number of aryl methyl sites for hydroxylation is 2. The van der Waals surface area contributed by atoms with Crippen molar-refractivity contribution in [3.05, 3.63) is 87.8 Å². The van der Waals surface area contributed by atoms with Gasteiger partial charge in [0.15, 0.2) is 0 Å². The highest BCUT2D eigenvalue weighted by Gasteiger charge is 2.20. The molecule has 2 aromatic heterocycles. The predicted molar refractivity (Wildman–Crippen MR) is 114 cm³/mol. The van der Waals surface area contributed by atoms with E-state index in [1.807, 2.05) is 0 Å². The van der Waals surface area contributed by atoms with Crippen molar-refractivity contribution in [2.24, 2.45) is 0 Å². The van der Waals surface area contributed by atoms with Gasteiger partial charge in [-0.15, -0.1) is 0 Å². The number of benzene rings is 2. The molecular weight excluding hydrogens is 418 g/mol. The summed E-state index contributed by atoms with van der Waals surface area (Å²) in [5.74, 6) is -1.18. The number of carbonyl (C=O) groups is 1. The summed E-state index contributed by atoms with van der Waals surface area (Å²) in [5, 5.41) is 6.45. The zero-order valence-corrected chi connectivity index (χ0v) is 17.2. The minimum Gasteiger partial charge on any atom is -0.333 e. The highest BCUT2D eigenvalue weighted by molar-refractivity contribution is 5.90. The molecule has 4 aromatic rings. The molecule has 32 heavy (non-hydrogen) atoms. The Morgan fingerprint density at radius 3 is 2.53 bits per heavy atom. The number of aromatic nitrogens is 3. The van der Waals surface area contributed by atoms with E-state index in [1.54, 1.807) is 26.0 Å². The molecule has 4 rings (SSSR count). The number of anilines is 1. The van der Waals surface area contributed by atoms with Gasteiger partial charge in [0.2, 0.25) is 11.7 Å². The van der Waals surface area contributed by atoms with Crippen molar-refractivity contribution in [3.63, 3.8) is 0 Å². The van der Waals surface area contributed by atoms with Crippen molar-refractivity contribution in [1.82, 2.24) is 14.7 Å². The molecule has 0 saturated heterocycles. The molecule has 2 heterocycles. The molecule has 7 nitrogen and oxygen atoms in total. The third kappa shape index (κ3) is 4.31. The van der Waals surface area contributed by atoms with Gasteiger partial charge in [-0.25, -0.2) is 8.78 Å². The lowest BCUT2D eigenvalue weighted by molar-refractivity contribution is -0.116. The van der Waals surface area contributed by atoms with E-state index in [0.717, 1.165) is 0 Å². The zero-order chi connectivity index (χ0) is 22.8. The first-order valence-corrected chi connectivity index (χ1v) is 9.68. The topological polar surface area (TPSA) is 90.0 Å². The molecule has 0 spiro atoms. The molecule has 0 atom stereocenters. The summed E-state index contributed by atoms with van der Waals surface area (Å²) in [5.41, 5.74) is 1.66. The molecule has 0 radical (unpaired) electrons. The maximum atomic E-state index is 13.4. The lowest BCUT2D eigenvalue weighted by atomic mass is 10.1. The van der Waals surface area contributed by atoms with Crippen LogP contribution < -0.4 is 10.9 Å². The summed E-state index contributed by atoms with van der Waals surface area (Å²) >= 11 is 0. The molecule has 9 heteroatoms. The second kappa shape index (κ2) is 8.54. The second-order valence-corrected chi connectivity index (χ2v) is 7.22. The number of carbonyl (C=O) groups excluding carboxylic acids is 1. The van der Waals surface area contributed by atoms with E-state index in [9.17, 15) is 18.4 Å². The van der Waals surface area contributed by atoms with Crippen molar-refractivity contribution in [2.75, 3.05) is 5.32 Å². The molecule has 0 fully saturated rings. The third-order valence-corrected chi connectivity index (χ3v) is 4.86. The Bertz CT molecular complexity index is 1360. The first-order valence-electron chi connectivity index (χ1n) is 9.68. The van der Waals surface area contributed by atoms with E-state index >= 15 is 0 Å². The molecule has 162 valence electrons. The molecular formula is C23H18F2N4O3. The van der Waals surface area contributed by atoms with Crippen molar-refractivity contribution < 1.29 is 18.1 Å². The second-order valence-electron chi connectivity index (χ2n) is 7.22. The Morgan fingerprint density at radius 1 is 1.06 bits per heavy atom. The van der Waals surface area contributed by atoms with Crippen molar-refractivity contribution >= 4 is 11.6 Å². The normalized spacial score (nSPS) is 10.9. The van der Waals surface area contributed by atoms with Crippen LogP contribution in [0.25, 0.3) is 22.8 Å². The number of amides is 1. The van der Waals surface area contributed by atoms with Gasteiger partial charge in [-0.05, 0) is 67.9 Å². The van der Waals surface area contributed by atoms with E-state index in [2.05, 4.69) is 15.5 Å². The van der Waals surface area contributed by atoms with Crippen LogP contribution >= 0.6 is 0 Å². The van der Waals surface area contributed by atoms with E-state index < -0.39 is 23.1 Å². The Kier molecular flexibility index (Phi) is 5.63. The van der Waals surface area contributed by atoms with Gasteiger partial charge in [-0.3, -0.25) is 9.59 Å². The summed E-state index contributed by atoms with van der Waals surface area (Å²) in [4.78, 5) is 29.9. The number of nitrogens with zero attached hydrogens (tertiary/aromatic N) is 3. The van der Waals surface area contributed by atoms with Crippen LogP contribution in [-0.2, 0) is 11.3 Å². The smallest absolute Gasteiger partial charge is 0.264 e. The van der Waals surface area contributed by atoms with Crippen LogP contribution in [0.4, 0.5) is 14.5 Å². The summed E-state index contributed by atoms with van der Waals surface area (Å²) in [6, 6.07) is 12.7. The van der Waals surface area contributed by atoms with E-state index in [-0.39, 0.29) is 29.5 Å². The molecule has 1 N–H and O–H groups in total. The maximum absolute atomic E-state index is 13.4. The predicted octanol–water partition coefficient (Wildman–Crippen LogP) is 4.10. The van der Waals surface area contributed by atoms with Gasteiger partial charge in [-0.1, -0.05) is 11.2 Å². The molecule has 0 saturated carbocycles. The summed E-state index contributed by atoms with van der Waals surface area (Å²) in [6.45, 7) is 3.14. The van der Waals surface area contributed by atoms with Gasteiger partial charge >= 0.3 is 0 Å². The van der Waals surface area contributed by atoms with Crippen LogP contribution in [0.3, 0.4) is 0 Å². The lowest BCUT2D eigenvalue weighted by Crippen LogP contribution is -2.30. The average Bonchev–Trinajstić information content (AvgIpc) is 3.21. The Labute approximate surface area is 181 Å². The van der Waals surface area contributed by atoms with Gasteiger partial charge < -0.3 is 14.4 Å². The lowest BCUT2D eigenvalue weighted by Gasteiger charge is -2.13. The molecule has 2 aromatic carbocycles. The van der Waals surface area contributed by atoms with Crippen LogP contribution in [0.1, 0.15) is 11.3 Å². The van der Waals surface area contributed by atoms with Gasteiger partial charge in [-0.2, -0.15) is 4.98 Å². The van der Waals surface area contributed by atoms with Gasteiger partial charge in [0, 0.05) is 16.9 Å². The highest BCUT2D eigenvalue weighted by Crippen LogP contribution is 2.23. The monoisotopic (exact) mass is 436 g/mol. The quantitative estimate of drug-likeness (QED) is 0.509. The SMILES string of the molecule is Cc1cc(C)n(CC(=O)Nc2cccc(F)c2)c(=O)c1-c1nc(-c2ccc(F)cc2)no1. The fourth-order valence-electron chi connectivity index (χ4n) is 3.34. The van der Waals surface area contributed by atoms with E-state index in [4.69, 9.17) is 4.52 Å². The first kappa shape index (κ1) is 21.1. The summed E-state index contributed by atoms with van der Waals surface area (Å²) in [6.07, 6.45) is 0. The van der Waals surface area contributed by atoms with Gasteiger partial charge in [0.1, 0.15) is 23.7 Å². The Balaban J connectivity index is 1.65. The van der Waals surface area contributed by atoms with Crippen molar-refractivity contribution in [2.45, 2.75) is 20.4 Å². The fourth-order valence-corrected chi connectivity index (χ4v) is 3.34. The number of pyridine rings is 1. The molecule has 0 bridgehead atoms. The molecule has 0 unspecified atom stereocenters. The van der Waals surface area contributed by atoms with Crippen LogP contribution in [0.5, 0.6) is 0 Å². The van der Waals surface area contributed by atoms with Crippen LogP contribution in [0.15, 0.2) is 63.9 Å². The number of rotatable bonds is 5. The van der Waals surface area contributed by atoms with Crippen LogP contribution in [-0.4, -0.2) is 20.6 Å². The summed E-state index contributed by atoms with van der Waals surface area (Å²) < 4.78 is 33.1. The van der Waals surface area contributed by atoms with E-state index in [0.29, 0.717) is 16.8 Å². The molecule has 0 aliphatic heterocycles. The molecule has 1 amide bonds. The third-order valence-electron chi connectivity index (χ3n) is 4.86. The standard InChI is InChI=1S/C23H18F2N4O3/c1-13-10-14(2)29(12-19(30)26-18-5-3-4-17(25)11-18)23(31)20(13)22-27-21(28-32-22)15-6-8-16(24)9-7-15/h3-11H,12H2,1-2H3,(H,26,30). The van der Waals surface area contributed by atoms with Crippen LogP contribution in [0.2, 0.25) is 0 Å². The van der Waals surface area contributed by atoms with Crippen molar-refractivity contribution in [3.8, 4) is 22.8 Å². The minimum absolute atomic E-state index is 0.00823. The van der Waals surface area contributed by atoms with Gasteiger partial charge in [0.25, 0.3) is 11.4 Å². The minimum atomic E-state index is -0.492. The van der Waals surface area contributed by atoms with E-state index in [1.165, 1.54) is 47.0 Å². The number of halogens is 2. The number of hydrogen-bond donors (Lipinski definition) is 1. The first-order chi connectivity index (χ1) is 15.3. The Morgan fingerprint density at radius 2 is 1.81 bits per heavy atom. The van der Waals surface area contributed by atoms with Gasteiger partial charge in [0.05, 0.1) is 0 Å². The van der Waals surface area contributed by atoms with Crippen LogP contribution in [0, 0.1) is 25.5 Å². The summed E-state index contributed by atoms with van der Waals surface area (Å²) in [7, 11) is 0. The fraction of sp³-hybridized carbons (Fsp3) is 0.130. The molecule has 0 aliphatic rings. The van der Waals surface area contributed by atoms with Crippen molar-refractivity contribution in [1.29, 1.82) is 0 Å². The molecule has 0 aliphatic carbocycles. The Hall–Kier alpha value is -4.14. The largest absolute Gasteiger partial charge is 0.333 e. The number of nitrogens with one attached hydrogen (secondary N) is 1. The zero-order valence-electron chi connectivity index (χ0n) is 17.2. The average molecular weight is 436 g/mol. The number of hydrogen-bond acceptors (Lipinski definition) is 5. The maximum Gasteiger partial charge on any atom is 0.264 e.